The van der Waals surface area contributed by atoms with Gasteiger partial charge in [-0.15, -0.1) is 0 Å². The fraction of sp³-hybridized carbons (Fsp3) is 0.429. The Kier molecular flexibility index (Phi) is 4.00. The van der Waals surface area contributed by atoms with Gasteiger partial charge in [-0.25, -0.2) is 4.79 Å². The molecule has 1 aliphatic rings. The predicted octanol–water partition coefficient (Wildman–Crippen LogP) is 2.30. The maximum absolute atomic E-state index is 12.2. The van der Waals surface area contributed by atoms with Gasteiger partial charge < -0.3 is 19.9 Å². The lowest BCUT2D eigenvalue weighted by Gasteiger charge is -2.27. The number of carbonyl (C=O) groups is 2. The molecule has 1 heterocycles. The third kappa shape index (κ3) is 3.21. The van der Waals surface area contributed by atoms with E-state index < -0.39 is 23.3 Å². The molecule has 0 radical (unpaired) electrons. The van der Waals surface area contributed by atoms with Crippen molar-refractivity contribution in [3.05, 3.63) is 22.7 Å². The van der Waals surface area contributed by atoms with E-state index in [9.17, 15) is 14.7 Å². The minimum atomic E-state index is -1.09. The molecule has 1 aromatic rings. The SMILES string of the molecule is CC(C)(C)[C@H](NC(=O)c1cc(Cl)c2c(c1)OCO2)C(=O)O. The Hall–Kier alpha value is -1.95. The van der Waals surface area contributed by atoms with E-state index in [4.69, 9.17) is 21.1 Å². The van der Waals surface area contributed by atoms with Crippen LogP contribution in [-0.2, 0) is 4.79 Å². The zero-order valence-electron chi connectivity index (χ0n) is 11.9. The van der Waals surface area contributed by atoms with Crippen LogP contribution < -0.4 is 14.8 Å². The molecule has 2 N–H and O–H groups in total. The number of ether oxygens (including phenoxy) is 2. The average molecular weight is 314 g/mol. The van der Waals surface area contributed by atoms with Gasteiger partial charge in [-0.2, -0.15) is 0 Å². The number of carboxylic acid groups (broad SMARTS) is 1. The molecule has 0 saturated heterocycles. The van der Waals surface area contributed by atoms with Crippen LogP contribution in [0.3, 0.4) is 0 Å². The smallest absolute Gasteiger partial charge is 0.326 e. The number of fused-ring (bicyclic) bond motifs is 1. The number of hydrogen-bond donors (Lipinski definition) is 2. The fourth-order valence-electron chi connectivity index (χ4n) is 1.96. The molecule has 0 unspecified atom stereocenters. The predicted molar refractivity (Wildman–Crippen MR) is 75.9 cm³/mol. The quantitative estimate of drug-likeness (QED) is 0.894. The van der Waals surface area contributed by atoms with Gasteiger partial charge in [0.15, 0.2) is 11.5 Å². The summed E-state index contributed by atoms with van der Waals surface area (Å²) in [5.74, 6) is -0.866. The Labute approximate surface area is 127 Å². The Bertz CT molecular complexity index is 594. The topological polar surface area (TPSA) is 84.9 Å². The van der Waals surface area contributed by atoms with Crippen molar-refractivity contribution in [2.75, 3.05) is 6.79 Å². The Morgan fingerprint density at radius 3 is 2.57 bits per heavy atom. The van der Waals surface area contributed by atoms with E-state index in [1.165, 1.54) is 12.1 Å². The second-order valence-corrected chi connectivity index (χ2v) is 6.21. The number of hydrogen-bond acceptors (Lipinski definition) is 4. The molecule has 21 heavy (non-hydrogen) atoms. The van der Waals surface area contributed by atoms with Crippen molar-refractivity contribution < 1.29 is 24.2 Å². The van der Waals surface area contributed by atoms with E-state index in [1.807, 2.05) is 0 Å². The Balaban J connectivity index is 2.25. The van der Waals surface area contributed by atoms with Gasteiger partial charge in [0.1, 0.15) is 6.04 Å². The molecular weight excluding hydrogens is 298 g/mol. The summed E-state index contributed by atoms with van der Waals surface area (Å²) in [6.07, 6.45) is 0. The van der Waals surface area contributed by atoms with Gasteiger partial charge in [0.05, 0.1) is 5.02 Å². The van der Waals surface area contributed by atoms with Gasteiger partial charge in [0.25, 0.3) is 5.91 Å². The molecule has 0 aromatic heterocycles. The first-order chi connectivity index (χ1) is 9.70. The van der Waals surface area contributed by atoms with Crippen LogP contribution >= 0.6 is 11.6 Å². The molecule has 1 amide bonds. The highest BCUT2D eigenvalue weighted by atomic mass is 35.5. The summed E-state index contributed by atoms with van der Waals surface area (Å²) in [5, 5.41) is 12.0. The molecule has 1 aliphatic heterocycles. The maximum Gasteiger partial charge on any atom is 0.326 e. The summed E-state index contributed by atoms with van der Waals surface area (Å²) in [4.78, 5) is 23.5. The van der Waals surface area contributed by atoms with Crippen LogP contribution in [0.1, 0.15) is 31.1 Å². The van der Waals surface area contributed by atoms with Crippen molar-refractivity contribution in [3.8, 4) is 11.5 Å². The maximum atomic E-state index is 12.2. The summed E-state index contributed by atoms with van der Waals surface area (Å²) >= 11 is 6.01. The molecular formula is C14H16ClNO5. The third-order valence-corrected chi connectivity index (χ3v) is 3.36. The van der Waals surface area contributed by atoms with Crippen LogP contribution in [-0.4, -0.2) is 29.8 Å². The number of aliphatic carboxylic acids is 1. The fourth-order valence-corrected chi connectivity index (χ4v) is 2.23. The van der Waals surface area contributed by atoms with Crippen molar-refractivity contribution in [1.29, 1.82) is 0 Å². The molecule has 0 fully saturated rings. The third-order valence-electron chi connectivity index (χ3n) is 3.08. The number of nitrogens with one attached hydrogen (secondary N) is 1. The summed E-state index contributed by atoms with van der Waals surface area (Å²) in [6, 6.07) is 1.88. The molecule has 0 bridgehead atoms. The van der Waals surface area contributed by atoms with Crippen LogP contribution in [0.15, 0.2) is 12.1 Å². The number of carboxylic acids is 1. The molecule has 2 rings (SSSR count). The van der Waals surface area contributed by atoms with Crippen molar-refractivity contribution in [1.82, 2.24) is 5.32 Å². The lowest BCUT2D eigenvalue weighted by atomic mass is 9.86. The molecule has 1 aromatic carbocycles. The first kappa shape index (κ1) is 15.4. The van der Waals surface area contributed by atoms with E-state index in [0.717, 1.165) is 0 Å². The lowest BCUT2D eigenvalue weighted by molar-refractivity contribution is -0.142. The summed E-state index contributed by atoms with van der Waals surface area (Å²) in [6.45, 7) is 5.25. The first-order valence-corrected chi connectivity index (χ1v) is 6.71. The highest BCUT2D eigenvalue weighted by molar-refractivity contribution is 6.32. The summed E-state index contributed by atoms with van der Waals surface area (Å²) in [7, 11) is 0. The number of amides is 1. The highest BCUT2D eigenvalue weighted by Crippen LogP contribution is 2.39. The van der Waals surface area contributed by atoms with E-state index in [0.29, 0.717) is 11.5 Å². The average Bonchev–Trinajstić information content (AvgIpc) is 2.82. The second-order valence-electron chi connectivity index (χ2n) is 5.80. The Morgan fingerprint density at radius 1 is 1.33 bits per heavy atom. The van der Waals surface area contributed by atoms with Crippen LogP contribution in [0, 0.1) is 5.41 Å². The van der Waals surface area contributed by atoms with Gasteiger partial charge in [-0.05, 0) is 17.5 Å². The second kappa shape index (κ2) is 5.44. The summed E-state index contributed by atoms with van der Waals surface area (Å²) < 4.78 is 10.3. The number of rotatable bonds is 3. The van der Waals surface area contributed by atoms with E-state index in [2.05, 4.69) is 5.32 Å². The minimum absolute atomic E-state index is 0.0415. The normalized spacial score (nSPS) is 14.7. The van der Waals surface area contributed by atoms with Gasteiger partial charge in [0, 0.05) is 5.56 Å². The first-order valence-electron chi connectivity index (χ1n) is 6.33. The summed E-state index contributed by atoms with van der Waals surface area (Å²) in [5.41, 5.74) is -0.401. The van der Waals surface area contributed by atoms with Gasteiger partial charge >= 0.3 is 5.97 Å². The molecule has 6 nitrogen and oxygen atoms in total. The van der Waals surface area contributed by atoms with Crippen molar-refractivity contribution in [3.63, 3.8) is 0 Å². The van der Waals surface area contributed by atoms with E-state index in [1.54, 1.807) is 20.8 Å². The van der Waals surface area contributed by atoms with Crippen LogP contribution in [0.25, 0.3) is 0 Å². The van der Waals surface area contributed by atoms with E-state index >= 15 is 0 Å². The van der Waals surface area contributed by atoms with Crippen LogP contribution in [0.5, 0.6) is 11.5 Å². The Morgan fingerprint density at radius 2 is 2.00 bits per heavy atom. The van der Waals surface area contributed by atoms with Crippen molar-refractivity contribution in [2.45, 2.75) is 26.8 Å². The molecule has 7 heteroatoms. The molecule has 114 valence electrons. The molecule has 1 atom stereocenters. The molecule has 0 aliphatic carbocycles. The largest absolute Gasteiger partial charge is 0.480 e. The highest BCUT2D eigenvalue weighted by Gasteiger charge is 2.33. The number of halogens is 1. The van der Waals surface area contributed by atoms with Crippen LogP contribution in [0.4, 0.5) is 0 Å². The minimum Gasteiger partial charge on any atom is -0.480 e. The number of carbonyl (C=O) groups excluding carboxylic acids is 1. The van der Waals surface area contributed by atoms with Crippen LogP contribution in [0.2, 0.25) is 5.02 Å². The van der Waals surface area contributed by atoms with Gasteiger partial charge in [-0.3, -0.25) is 4.79 Å². The molecule has 0 saturated carbocycles. The van der Waals surface area contributed by atoms with E-state index in [-0.39, 0.29) is 17.4 Å². The molecule has 0 spiro atoms. The zero-order chi connectivity index (χ0) is 15.8. The number of benzene rings is 1. The monoisotopic (exact) mass is 313 g/mol. The standard InChI is InChI=1S/C14H16ClNO5/c1-14(2,3)11(13(18)19)16-12(17)7-4-8(15)10-9(5-7)20-6-21-10/h4-5,11H,6H2,1-3H3,(H,16,17)(H,18,19)/t11-/m1/s1. The van der Waals surface area contributed by atoms with Gasteiger partial charge in [0.2, 0.25) is 6.79 Å². The lowest BCUT2D eigenvalue weighted by Crippen LogP contribution is -2.49. The zero-order valence-corrected chi connectivity index (χ0v) is 12.7. The van der Waals surface area contributed by atoms with Gasteiger partial charge in [-0.1, -0.05) is 32.4 Å². The van der Waals surface area contributed by atoms with Crippen molar-refractivity contribution >= 4 is 23.5 Å². The van der Waals surface area contributed by atoms with Crippen molar-refractivity contribution in [2.24, 2.45) is 5.41 Å².